The number of benzene rings is 1. The molecule has 0 aromatic heterocycles. The molecule has 1 saturated carbocycles. The fraction of sp³-hybridized carbons (Fsp3) is 0.600. The zero-order valence-electron chi connectivity index (χ0n) is 11.0. The lowest BCUT2D eigenvalue weighted by Crippen LogP contribution is -2.31. The quantitative estimate of drug-likeness (QED) is 0.874. The molecule has 4 heteroatoms. The van der Waals surface area contributed by atoms with Crippen LogP contribution in [0.25, 0.3) is 0 Å². The van der Waals surface area contributed by atoms with Gasteiger partial charge in [-0.1, -0.05) is 38.0 Å². The average molecular weight is 272 g/mol. The summed E-state index contributed by atoms with van der Waals surface area (Å²) in [5, 5.41) is 10.3. The van der Waals surface area contributed by atoms with Crippen molar-refractivity contribution in [3.05, 3.63) is 35.4 Å². The zero-order valence-corrected chi connectivity index (χ0v) is 11.0. The van der Waals surface area contributed by atoms with Crippen molar-refractivity contribution in [2.45, 2.75) is 51.3 Å². The molecule has 0 aliphatic heterocycles. The molecule has 0 saturated heterocycles. The second kappa shape index (κ2) is 5.16. The molecule has 2 rings (SSSR count). The van der Waals surface area contributed by atoms with Crippen molar-refractivity contribution in [2.24, 2.45) is 5.41 Å². The Morgan fingerprint density at radius 1 is 1.26 bits per heavy atom. The normalized spacial score (nSPS) is 20.5. The summed E-state index contributed by atoms with van der Waals surface area (Å²) < 4.78 is 37.9. The topological polar surface area (TPSA) is 20.2 Å². The summed E-state index contributed by atoms with van der Waals surface area (Å²) in [6.45, 7) is 2.03. The van der Waals surface area contributed by atoms with Crippen LogP contribution in [0.3, 0.4) is 0 Å². The fourth-order valence-corrected chi connectivity index (χ4v) is 2.86. The van der Waals surface area contributed by atoms with Crippen LogP contribution in [0.15, 0.2) is 24.3 Å². The summed E-state index contributed by atoms with van der Waals surface area (Å²) in [6, 6.07) is 5.26. The maximum absolute atomic E-state index is 12.6. The van der Waals surface area contributed by atoms with Crippen LogP contribution in [0.4, 0.5) is 13.2 Å². The van der Waals surface area contributed by atoms with Gasteiger partial charge in [0.15, 0.2) is 0 Å². The Morgan fingerprint density at radius 2 is 1.89 bits per heavy atom. The summed E-state index contributed by atoms with van der Waals surface area (Å²) >= 11 is 0. The molecule has 1 aromatic rings. The van der Waals surface area contributed by atoms with Gasteiger partial charge in [-0.25, -0.2) is 0 Å². The molecule has 1 fully saturated rings. The molecule has 1 nitrogen and oxygen atoms in total. The molecule has 106 valence electrons. The average Bonchev–Trinajstić information content (AvgIpc) is 2.77. The Balaban J connectivity index is 2.11. The highest BCUT2D eigenvalue weighted by molar-refractivity contribution is 5.26. The summed E-state index contributed by atoms with van der Waals surface area (Å²) in [7, 11) is 0. The van der Waals surface area contributed by atoms with E-state index >= 15 is 0 Å². The van der Waals surface area contributed by atoms with E-state index in [1.165, 1.54) is 6.07 Å². The maximum atomic E-state index is 12.6. The minimum atomic E-state index is -4.32. The van der Waals surface area contributed by atoms with E-state index in [0.29, 0.717) is 12.0 Å². The largest absolute Gasteiger partial charge is 0.416 e. The first-order chi connectivity index (χ1) is 8.81. The van der Waals surface area contributed by atoms with E-state index in [-0.39, 0.29) is 5.41 Å². The van der Waals surface area contributed by atoms with Gasteiger partial charge in [0.25, 0.3) is 0 Å². The second-order valence-electron chi connectivity index (χ2n) is 5.78. The molecule has 0 spiro atoms. The lowest BCUT2D eigenvalue weighted by molar-refractivity contribution is -0.137. The van der Waals surface area contributed by atoms with Gasteiger partial charge < -0.3 is 5.11 Å². The maximum Gasteiger partial charge on any atom is 0.416 e. The minimum absolute atomic E-state index is 0.145. The van der Waals surface area contributed by atoms with Crippen molar-refractivity contribution in [1.29, 1.82) is 0 Å². The molecule has 0 heterocycles. The smallest absolute Gasteiger partial charge is 0.392 e. The van der Waals surface area contributed by atoms with E-state index in [4.69, 9.17) is 0 Å². The Hall–Kier alpha value is -1.03. The van der Waals surface area contributed by atoms with Crippen LogP contribution in [-0.2, 0) is 12.6 Å². The van der Waals surface area contributed by atoms with Crippen molar-refractivity contribution in [3.8, 4) is 0 Å². The van der Waals surface area contributed by atoms with Gasteiger partial charge in [0.1, 0.15) is 0 Å². The van der Waals surface area contributed by atoms with Gasteiger partial charge in [0.2, 0.25) is 0 Å². The molecule has 19 heavy (non-hydrogen) atoms. The first kappa shape index (κ1) is 14.4. The molecule has 0 radical (unpaired) electrons. The number of aliphatic hydroxyl groups excluding tert-OH is 1. The zero-order chi connectivity index (χ0) is 14.1. The number of rotatable bonds is 3. The number of halogens is 3. The first-order valence-electron chi connectivity index (χ1n) is 6.65. The number of alkyl halides is 3. The molecule has 1 unspecified atom stereocenters. The van der Waals surface area contributed by atoms with Gasteiger partial charge in [-0.2, -0.15) is 13.2 Å². The monoisotopic (exact) mass is 272 g/mol. The summed E-state index contributed by atoms with van der Waals surface area (Å²) in [5.74, 6) is 0. The Bertz CT molecular complexity index is 433. The van der Waals surface area contributed by atoms with Crippen LogP contribution in [0, 0.1) is 5.41 Å². The highest BCUT2D eigenvalue weighted by Crippen LogP contribution is 2.41. The van der Waals surface area contributed by atoms with Crippen LogP contribution in [-0.4, -0.2) is 11.2 Å². The van der Waals surface area contributed by atoms with Gasteiger partial charge in [-0.15, -0.1) is 0 Å². The molecule has 1 aliphatic carbocycles. The predicted molar refractivity (Wildman–Crippen MR) is 67.7 cm³/mol. The second-order valence-corrected chi connectivity index (χ2v) is 5.78. The van der Waals surface area contributed by atoms with Gasteiger partial charge >= 0.3 is 6.18 Å². The van der Waals surface area contributed by atoms with Crippen molar-refractivity contribution < 1.29 is 18.3 Å². The fourth-order valence-electron chi connectivity index (χ4n) is 2.86. The molecular formula is C15H19F3O. The third kappa shape index (κ3) is 3.30. The summed E-state index contributed by atoms with van der Waals surface area (Å²) in [4.78, 5) is 0. The number of aliphatic hydroxyl groups is 1. The van der Waals surface area contributed by atoms with Crippen LogP contribution < -0.4 is 0 Å². The molecular weight excluding hydrogens is 253 g/mol. The van der Waals surface area contributed by atoms with Crippen molar-refractivity contribution >= 4 is 0 Å². The third-order valence-electron chi connectivity index (χ3n) is 4.23. The number of hydrogen-bond acceptors (Lipinski definition) is 1. The molecule has 1 aromatic carbocycles. The third-order valence-corrected chi connectivity index (χ3v) is 4.23. The first-order valence-corrected chi connectivity index (χ1v) is 6.65. The lowest BCUT2D eigenvalue weighted by Gasteiger charge is -2.30. The Labute approximate surface area is 111 Å². The van der Waals surface area contributed by atoms with Crippen molar-refractivity contribution in [3.63, 3.8) is 0 Å². The van der Waals surface area contributed by atoms with E-state index in [2.05, 4.69) is 0 Å². The van der Waals surface area contributed by atoms with E-state index in [1.54, 1.807) is 6.07 Å². The van der Waals surface area contributed by atoms with Crippen LogP contribution in [0.5, 0.6) is 0 Å². The molecule has 1 aliphatic rings. The molecule has 0 amide bonds. The summed E-state index contributed by atoms with van der Waals surface area (Å²) in [6.07, 6.45) is -0.510. The van der Waals surface area contributed by atoms with Gasteiger partial charge in [-0.3, -0.25) is 0 Å². The van der Waals surface area contributed by atoms with Gasteiger partial charge in [-0.05, 0) is 36.3 Å². The number of hydrogen-bond donors (Lipinski definition) is 1. The Morgan fingerprint density at radius 3 is 2.47 bits per heavy atom. The van der Waals surface area contributed by atoms with Crippen molar-refractivity contribution in [1.82, 2.24) is 0 Å². The van der Waals surface area contributed by atoms with Crippen LogP contribution in [0.2, 0.25) is 0 Å². The highest BCUT2D eigenvalue weighted by atomic mass is 19.4. The molecule has 0 bridgehead atoms. The van der Waals surface area contributed by atoms with Crippen molar-refractivity contribution in [2.75, 3.05) is 0 Å². The van der Waals surface area contributed by atoms with E-state index in [0.717, 1.165) is 37.8 Å². The van der Waals surface area contributed by atoms with Gasteiger partial charge in [0, 0.05) is 0 Å². The molecule has 1 atom stereocenters. The Kier molecular flexibility index (Phi) is 3.90. The van der Waals surface area contributed by atoms with Crippen LogP contribution >= 0.6 is 0 Å². The van der Waals surface area contributed by atoms with E-state index < -0.39 is 17.8 Å². The van der Waals surface area contributed by atoms with E-state index in [9.17, 15) is 18.3 Å². The highest BCUT2D eigenvalue weighted by Gasteiger charge is 2.36. The molecule has 1 N–H and O–H groups in total. The summed E-state index contributed by atoms with van der Waals surface area (Å²) in [5.41, 5.74) is -0.238. The van der Waals surface area contributed by atoms with Crippen LogP contribution in [0.1, 0.15) is 43.7 Å². The standard InChI is InChI=1S/C15H19F3O/c1-14(7-2-3-8-14)13(19)10-11-5-4-6-12(9-11)15(16,17)18/h4-6,9,13,19H,2-3,7-8,10H2,1H3. The minimum Gasteiger partial charge on any atom is -0.392 e. The lowest BCUT2D eigenvalue weighted by atomic mass is 9.80. The predicted octanol–water partition coefficient (Wildman–Crippen LogP) is 4.19. The SMILES string of the molecule is CC1(C(O)Cc2cccc(C(F)(F)F)c2)CCCC1. The van der Waals surface area contributed by atoms with Gasteiger partial charge in [0.05, 0.1) is 11.7 Å². The van der Waals surface area contributed by atoms with E-state index in [1.807, 2.05) is 6.92 Å².